The predicted molar refractivity (Wildman–Crippen MR) is 82.3 cm³/mol. The quantitative estimate of drug-likeness (QED) is 0.380. The van der Waals surface area contributed by atoms with E-state index in [-0.39, 0.29) is 0 Å². The number of aliphatic hydroxyl groups excluding tert-OH is 1. The molecule has 0 aliphatic heterocycles. The number of rotatable bonds is 2. The Kier molecular flexibility index (Phi) is 3.03. The second-order valence-electron chi connectivity index (χ2n) is 4.43. The molecule has 92 valence electrons. The number of fused-ring (bicyclic) bond motifs is 3. The molecule has 0 atom stereocenters. The number of aliphatic hydroxyl groups is 1. The Hall–Kier alpha value is -2.54. The lowest BCUT2D eigenvalue weighted by Gasteiger charge is -2.06. The Morgan fingerprint density at radius 3 is 2.42 bits per heavy atom. The van der Waals surface area contributed by atoms with Gasteiger partial charge in [-0.25, -0.2) is 0 Å². The highest BCUT2D eigenvalue weighted by Crippen LogP contribution is 2.28. The van der Waals surface area contributed by atoms with Gasteiger partial charge in [-0.15, -0.1) is 0 Å². The average Bonchev–Trinajstić information content (AvgIpc) is 2.47. The van der Waals surface area contributed by atoms with Crippen molar-refractivity contribution in [2.45, 2.75) is 0 Å². The summed E-state index contributed by atoms with van der Waals surface area (Å²) in [5, 5.41) is 13.7. The number of hydrogen-bond donors (Lipinski definition) is 1. The van der Waals surface area contributed by atoms with E-state index in [1.54, 1.807) is 6.08 Å². The molecule has 3 aromatic rings. The molecule has 1 nitrogen and oxygen atoms in total. The smallest absolute Gasteiger partial charge is 0.0791 e. The Balaban J connectivity index is 2.29. The van der Waals surface area contributed by atoms with Crippen LogP contribution in [0, 0.1) is 0 Å². The van der Waals surface area contributed by atoms with Gasteiger partial charge >= 0.3 is 0 Å². The third-order valence-electron chi connectivity index (χ3n) is 3.29. The highest BCUT2D eigenvalue weighted by Gasteiger charge is 2.01. The number of hydrogen-bond acceptors (Lipinski definition) is 1. The van der Waals surface area contributed by atoms with E-state index >= 15 is 0 Å². The van der Waals surface area contributed by atoms with E-state index in [0.29, 0.717) is 0 Å². The third-order valence-corrected chi connectivity index (χ3v) is 3.29. The molecule has 0 heterocycles. The first-order valence-corrected chi connectivity index (χ1v) is 6.28. The first-order chi connectivity index (χ1) is 9.40. The fourth-order valence-corrected chi connectivity index (χ4v) is 2.42. The van der Waals surface area contributed by atoms with Gasteiger partial charge < -0.3 is 5.11 Å². The summed E-state index contributed by atoms with van der Waals surface area (Å²) in [6.07, 6.45) is 6.49. The van der Waals surface area contributed by atoms with E-state index < -0.39 is 0 Å². The van der Waals surface area contributed by atoms with Crippen molar-refractivity contribution in [2.24, 2.45) is 0 Å². The molecule has 0 aromatic heterocycles. The lowest BCUT2D eigenvalue weighted by Crippen LogP contribution is -1.80. The zero-order valence-corrected chi connectivity index (χ0v) is 10.5. The molecular weight excluding hydrogens is 232 g/mol. The predicted octanol–water partition coefficient (Wildman–Crippen LogP) is 5.08. The molecule has 1 N–H and O–H groups in total. The van der Waals surface area contributed by atoms with Crippen LogP contribution in [0.15, 0.2) is 73.0 Å². The SMILES string of the molecule is OC=CC=Cc1cccc2c1ccc1ccccc12. The van der Waals surface area contributed by atoms with Crippen LogP contribution in [0.3, 0.4) is 0 Å². The summed E-state index contributed by atoms with van der Waals surface area (Å²) in [5.74, 6) is 0. The molecule has 0 fully saturated rings. The summed E-state index contributed by atoms with van der Waals surface area (Å²) < 4.78 is 0. The molecule has 0 bridgehead atoms. The maximum Gasteiger partial charge on any atom is 0.0791 e. The van der Waals surface area contributed by atoms with Crippen LogP contribution < -0.4 is 0 Å². The highest BCUT2D eigenvalue weighted by molar-refractivity contribution is 6.09. The molecule has 1 heteroatoms. The van der Waals surface area contributed by atoms with Crippen molar-refractivity contribution in [1.82, 2.24) is 0 Å². The molecule has 0 aliphatic rings. The van der Waals surface area contributed by atoms with Crippen molar-refractivity contribution >= 4 is 27.6 Å². The molecule has 0 aliphatic carbocycles. The fraction of sp³-hybridized carbons (Fsp3) is 0. The van der Waals surface area contributed by atoms with Gasteiger partial charge in [0.15, 0.2) is 0 Å². The van der Waals surface area contributed by atoms with Crippen LogP contribution in [0.25, 0.3) is 27.6 Å². The van der Waals surface area contributed by atoms with Gasteiger partial charge in [-0.3, -0.25) is 0 Å². The summed E-state index contributed by atoms with van der Waals surface area (Å²) >= 11 is 0. The topological polar surface area (TPSA) is 20.2 Å². The largest absolute Gasteiger partial charge is 0.516 e. The van der Waals surface area contributed by atoms with E-state index in [1.807, 2.05) is 12.2 Å². The molecule has 0 saturated heterocycles. The van der Waals surface area contributed by atoms with E-state index in [0.717, 1.165) is 11.8 Å². The second kappa shape index (κ2) is 4.99. The lowest BCUT2D eigenvalue weighted by atomic mass is 9.98. The van der Waals surface area contributed by atoms with Gasteiger partial charge in [0.1, 0.15) is 0 Å². The van der Waals surface area contributed by atoms with Crippen LogP contribution >= 0.6 is 0 Å². The van der Waals surface area contributed by atoms with Crippen molar-refractivity contribution in [2.75, 3.05) is 0 Å². The number of benzene rings is 3. The van der Waals surface area contributed by atoms with Gasteiger partial charge in [-0.2, -0.15) is 0 Å². The first kappa shape index (κ1) is 11.5. The van der Waals surface area contributed by atoms with Crippen molar-refractivity contribution in [1.29, 1.82) is 0 Å². The average molecular weight is 246 g/mol. The van der Waals surface area contributed by atoms with Crippen molar-refractivity contribution in [3.8, 4) is 0 Å². The molecule has 19 heavy (non-hydrogen) atoms. The van der Waals surface area contributed by atoms with Gasteiger partial charge in [0.05, 0.1) is 6.26 Å². The van der Waals surface area contributed by atoms with Crippen LogP contribution in [-0.4, -0.2) is 5.11 Å². The third kappa shape index (κ3) is 2.11. The Labute approximate surface area is 112 Å². The zero-order valence-electron chi connectivity index (χ0n) is 10.5. The molecule has 3 rings (SSSR count). The minimum Gasteiger partial charge on any atom is -0.516 e. The van der Waals surface area contributed by atoms with Crippen molar-refractivity contribution in [3.63, 3.8) is 0 Å². The van der Waals surface area contributed by atoms with Gasteiger partial charge in [-0.1, -0.05) is 66.7 Å². The van der Waals surface area contributed by atoms with Gasteiger partial charge in [0.25, 0.3) is 0 Å². The van der Waals surface area contributed by atoms with Gasteiger partial charge in [-0.05, 0) is 33.2 Å². The fourth-order valence-electron chi connectivity index (χ4n) is 2.42. The molecule has 0 unspecified atom stereocenters. The maximum atomic E-state index is 8.67. The number of allylic oxidation sites excluding steroid dienone is 2. The summed E-state index contributed by atoms with van der Waals surface area (Å²) in [4.78, 5) is 0. The van der Waals surface area contributed by atoms with Crippen LogP contribution in [0.5, 0.6) is 0 Å². The Bertz CT molecular complexity index is 782. The summed E-state index contributed by atoms with van der Waals surface area (Å²) in [6.45, 7) is 0. The standard InChI is InChI=1S/C18H14O/c19-13-4-3-7-14-8-5-10-18-16-9-2-1-6-15(16)11-12-17(14)18/h1-13,19H. The highest BCUT2D eigenvalue weighted by atomic mass is 16.2. The first-order valence-electron chi connectivity index (χ1n) is 6.28. The molecule has 0 saturated carbocycles. The maximum absolute atomic E-state index is 8.67. The van der Waals surface area contributed by atoms with Crippen LogP contribution in [0.2, 0.25) is 0 Å². The molecular formula is C18H14O. The summed E-state index contributed by atoms with van der Waals surface area (Å²) in [6, 6.07) is 19.0. The van der Waals surface area contributed by atoms with E-state index in [2.05, 4.69) is 54.6 Å². The summed E-state index contributed by atoms with van der Waals surface area (Å²) in [5.41, 5.74) is 1.15. The second-order valence-corrected chi connectivity index (χ2v) is 4.43. The van der Waals surface area contributed by atoms with E-state index in [9.17, 15) is 0 Å². The van der Waals surface area contributed by atoms with Crippen LogP contribution in [0.4, 0.5) is 0 Å². The normalized spacial score (nSPS) is 12.0. The summed E-state index contributed by atoms with van der Waals surface area (Å²) in [7, 11) is 0. The monoisotopic (exact) mass is 246 g/mol. The lowest BCUT2D eigenvalue weighted by molar-refractivity contribution is 0.474. The molecule has 3 aromatic carbocycles. The van der Waals surface area contributed by atoms with Crippen molar-refractivity contribution in [3.05, 3.63) is 78.6 Å². The van der Waals surface area contributed by atoms with Gasteiger partial charge in [0, 0.05) is 0 Å². The van der Waals surface area contributed by atoms with Crippen LogP contribution in [-0.2, 0) is 0 Å². The van der Waals surface area contributed by atoms with E-state index in [4.69, 9.17) is 5.11 Å². The molecule has 0 amide bonds. The van der Waals surface area contributed by atoms with Crippen LogP contribution in [0.1, 0.15) is 5.56 Å². The minimum atomic E-state index is 1.04. The molecule has 0 spiro atoms. The molecule has 0 radical (unpaired) electrons. The Morgan fingerprint density at radius 2 is 1.53 bits per heavy atom. The minimum absolute atomic E-state index is 1.04. The zero-order chi connectivity index (χ0) is 13.1. The van der Waals surface area contributed by atoms with E-state index in [1.165, 1.54) is 21.5 Å². The Morgan fingerprint density at radius 1 is 0.684 bits per heavy atom. The van der Waals surface area contributed by atoms with Gasteiger partial charge in [0.2, 0.25) is 0 Å². The van der Waals surface area contributed by atoms with Crippen molar-refractivity contribution < 1.29 is 5.11 Å².